The summed E-state index contributed by atoms with van der Waals surface area (Å²) in [6.07, 6.45) is -3.78. The molecule has 0 aromatic carbocycles. The molecule has 0 bridgehead atoms. The number of carbonyl (C=O) groups excluding carboxylic acids is 1. The Labute approximate surface area is 201 Å². The average molecular weight is 494 g/mol. The van der Waals surface area contributed by atoms with Gasteiger partial charge in [0.2, 0.25) is 5.91 Å². The zero-order chi connectivity index (χ0) is 25.1. The predicted octanol–water partition coefficient (Wildman–Crippen LogP) is -0.507. The van der Waals surface area contributed by atoms with Crippen molar-refractivity contribution in [2.75, 3.05) is 69.2 Å². The second-order valence-electron chi connectivity index (χ2n) is 7.81. The van der Waals surface area contributed by atoms with Gasteiger partial charge in [-0.1, -0.05) is 6.58 Å². The van der Waals surface area contributed by atoms with Crippen LogP contribution < -0.4 is 5.32 Å². The normalized spacial score (nSPS) is 36.2. The molecular formula is C22H39NO11. The summed E-state index contributed by atoms with van der Waals surface area (Å²) in [5, 5.41) is 2.55. The molecule has 34 heavy (non-hydrogen) atoms. The number of ether oxygens (including phenoxy) is 10. The second kappa shape index (κ2) is 15.0. The summed E-state index contributed by atoms with van der Waals surface area (Å²) in [7, 11) is 9.41. The third-order valence-corrected chi connectivity index (χ3v) is 5.95. The minimum absolute atomic E-state index is 0.0222. The number of hydrogen-bond acceptors (Lipinski definition) is 11. The minimum Gasteiger partial charge on any atom is -0.382 e. The van der Waals surface area contributed by atoms with Gasteiger partial charge in [-0.05, 0) is 6.08 Å². The quantitative estimate of drug-likeness (QED) is 0.191. The first kappa shape index (κ1) is 29.0. The van der Waals surface area contributed by atoms with Gasteiger partial charge in [0.25, 0.3) is 0 Å². The first-order chi connectivity index (χ1) is 16.5. The van der Waals surface area contributed by atoms with Gasteiger partial charge in [0.15, 0.2) is 6.29 Å². The van der Waals surface area contributed by atoms with Crippen LogP contribution in [0.3, 0.4) is 0 Å². The summed E-state index contributed by atoms with van der Waals surface area (Å²) in [6.45, 7) is 4.10. The van der Waals surface area contributed by atoms with E-state index in [1.807, 2.05) is 0 Å². The first-order valence-electron chi connectivity index (χ1n) is 11.0. The second-order valence-corrected chi connectivity index (χ2v) is 7.81. The van der Waals surface area contributed by atoms with Crippen LogP contribution in [0.2, 0.25) is 0 Å². The highest BCUT2D eigenvalue weighted by molar-refractivity contribution is 5.86. The molecule has 2 aliphatic rings. The van der Waals surface area contributed by atoms with Crippen molar-refractivity contribution in [1.29, 1.82) is 0 Å². The van der Waals surface area contributed by atoms with Crippen LogP contribution >= 0.6 is 0 Å². The number of hydrogen-bond donors (Lipinski definition) is 1. The molecule has 0 aromatic heterocycles. The lowest BCUT2D eigenvalue weighted by atomic mass is 9.97. The lowest BCUT2D eigenvalue weighted by Gasteiger charge is -2.48. The molecule has 2 saturated heterocycles. The Balaban J connectivity index is 2.21. The van der Waals surface area contributed by atoms with Crippen molar-refractivity contribution < 1.29 is 52.2 Å². The van der Waals surface area contributed by atoms with E-state index in [1.165, 1.54) is 0 Å². The lowest BCUT2D eigenvalue weighted by molar-refractivity contribution is -0.346. The molecule has 0 saturated carbocycles. The van der Waals surface area contributed by atoms with Gasteiger partial charge in [0, 0.05) is 42.7 Å². The highest BCUT2D eigenvalue weighted by atomic mass is 16.7. The van der Waals surface area contributed by atoms with Gasteiger partial charge < -0.3 is 52.7 Å². The fraction of sp³-hybridized carbons (Fsp3) is 0.864. The molecule has 12 nitrogen and oxygen atoms in total. The molecule has 198 valence electrons. The number of carbonyl (C=O) groups is 1. The number of nitrogens with one attached hydrogen (secondary N) is 1. The Hall–Kier alpha value is -1.19. The Morgan fingerprint density at radius 2 is 1.56 bits per heavy atom. The molecule has 12 heteroatoms. The first-order valence-corrected chi connectivity index (χ1v) is 11.0. The molecule has 1 N–H and O–H groups in total. The number of methoxy groups -OCH3 is 6. The fourth-order valence-corrected chi connectivity index (χ4v) is 4.24. The van der Waals surface area contributed by atoms with Gasteiger partial charge in [0.1, 0.15) is 55.6 Å². The van der Waals surface area contributed by atoms with Crippen LogP contribution in [0.4, 0.5) is 0 Å². The topological polar surface area (TPSA) is 121 Å². The lowest BCUT2D eigenvalue weighted by Crippen LogP contribution is -2.64. The van der Waals surface area contributed by atoms with Crippen LogP contribution in [0.5, 0.6) is 0 Å². The van der Waals surface area contributed by atoms with Crippen molar-refractivity contribution in [3.05, 3.63) is 12.7 Å². The Morgan fingerprint density at radius 1 is 0.882 bits per heavy atom. The maximum Gasteiger partial charge on any atom is 0.245 e. The average Bonchev–Trinajstić information content (AvgIpc) is 2.86. The molecule has 9 unspecified atom stereocenters. The van der Waals surface area contributed by atoms with Crippen molar-refractivity contribution in [2.45, 2.75) is 55.1 Å². The Bertz CT molecular complexity index is 609. The van der Waals surface area contributed by atoms with Crippen LogP contribution in [0.1, 0.15) is 0 Å². The molecule has 0 aliphatic carbocycles. The molecule has 0 radical (unpaired) electrons. The van der Waals surface area contributed by atoms with Crippen molar-refractivity contribution >= 4 is 5.91 Å². The van der Waals surface area contributed by atoms with E-state index in [2.05, 4.69) is 11.9 Å². The summed E-state index contributed by atoms with van der Waals surface area (Å²) in [5.74, 6) is -0.344. The van der Waals surface area contributed by atoms with E-state index in [-0.39, 0.29) is 32.0 Å². The zero-order valence-electron chi connectivity index (χ0n) is 20.8. The van der Waals surface area contributed by atoms with E-state index in [1.54, 1.807) is 42.7 Å². The zero-order valence-corrected chi connectivity index (χ0v) is 20.8. The van der Waals surface area contributed by atoms with E-state index in [0.29, 0.717) is 6.61 Å². The Morgan fingerprint density at radius 3 is 2.12 bits per heavy atom. The van der Waals surface area contributed by atoms with E-state index in [9.17, 15) is 4.79 Å². The monoisotopic (exact) mass is 493 g/mol. The van der Waals surface area contributed by atoms with Crippen LogP contribution in [0.15, 0.2) is 12.7 Å². The molecule has 0 spiro atoms. The highest BCUT2D eigenvalue weighted by Crippen LogP contribution is 2.32. The molecule has 2 aliphatic heterocycles. The third-order valence-electron chi connectivity index (χ3n) is 5.95. The van der Waals surface area contributed by atoms with Crippen molar-refractivity contribution in [3.8, 4) is 0 Å². The molecule has 2 rings (SSSR count). The Kier molecular flexibility index (Phi) is 12.8. The van der Waals surface area contributed by atoms with E-state index < -0.39 is 49.0 Å². The number of amides is 1. The van der Waals surface area contributed by atoms with E-state index >= 15 is 0 Å². The van der Waals surface area contributed by atoms with Crippen molar-refractivity contribution in [1.82, 2.24) is 5.32 Å². The maximum absolute atomic E-state index is 11.4. The fourth-order valence-electron chi connectivity index (χ4n) is 4.24. The van der Waals surface area contributed by atoms with Gasteiger partial charge in [-0.25, -0.2) is 0 Å². The highest BCUT2D eigenvalue weighted by Gasteiger charge is 2.51. The van der Waals surface area contributed by atoms with Gasteiger partial charge in [0.05, 0.1) is 19.8 Å². The summed E-state index contributed by atoms with van der Waals surface area (Å²) < 4.78 is 57.9. The molecule has 2 heterocycles. The van der Waals surface area contributed by atoms with Crippen LogP contribution in [-0.2, 0) is 52.2 Å². The summed E-state index contributed by atoms with van der Waals surface area (Å²) in [4.78, 5) is 11.4. The van der Waals surface area contributed by atoms with Crippen LogP contribution in [0, 0.1) is 0 Å². The smallest absolute Gasteiger partial charge is 0.245 e. The SMILES string of the molecule is C=CC(=O)NCOCC1OC(OC2C(COC)OCC(OC)C2OC)C(OC)C(OC)C1OC. The van der Waals surface area contributed by atoms with Gasteiger partial charge in [-0.2, -0.15) is 0 Å². The van der Waals surface area contributed by atoms with Crippen LogP contribution in [0.25, 0.3) is 0 Å². The van der Waals surface area contributed by atoms with E-state index in [0.717, 1.165) is 6.08 Å². The van der Waals surface area contributed by atoms with Crippen molar-refractivity contribution in [2.24, 2.45) is 0 Å². The minimum atomic E-state index is -0.876. The van der Waals surface area contributed by atoms with Crippen LogP contribution in [-0.4, -0.2) is 130 Å². The molecule has 1 amide bonds. The summed E-state index contributed by atoms with van der Waals surface area (Å²) in [5.41, 5.74) is 0. The molecule has 2 fully saturated rings. The summed E-state index contributed by atoms with van der Waals surface area (Å²) >= 11 is 0. The standard InChI is InChI=1S/C22H39NO11/c1-8-16(24)23-12-31-10-15-18(28-5)20(29-6)21(30-7)22(33-15)34-19-14(9-25-2)32-11-13(26-3)17(19)27-4/h8,13-15,17-22H,1,9-12H2,2-7H3,(H,23,24). The maximum atomic E-state index is 11.4. The predicted molar refractivity (Wildman–Crippen MR) is 118 cm³/mol. The molecular weight excluding hydrogens is 454 g/mol. The van der Waals surface area contributed by atoms with Crippen molar-refractivity contribution in [3.63, 3.8) is 0 Å². The largest absolute Gasteiger partial charge is 0.382 e. The third kappa shape index (κ3) is 7.17. The van der Waals surface area contributed by atoms with Gasteiger partial charge in [-0.3, -0.25) is 4.79 Å². The molecule has 0 aromatic rings. The molecule has 9 atom stereocenters. The van der Waals surface area contributed by atoms with E-state index in [4.69, 9.17) is 47.4 Å². The number of rotatable bonds is 14. The van der Waals surface area contributed by atoms with Gasteiger partial charge in [-0.15, -0.1) is 0 Å². The summed E-state index contributed by atoms with van der Waals surface area (Å²) in [6, 6.07) is 0. The van der Waals surface area contributed by atoms with Gasteiger partial charge >= 0.3 is 0 Å².